The van der Waals surface area contributed by atoms with Gasteiger partial charge in [-0.25, -0.2) is 4.79 Å². The highest BCUT2D eigenvalue weighted by atomic mass is 35.5. The number of carbonyl (C=O) groups excluding carboxylic acids is 1. The number of benzene rings is 1. The minimum absolute atomic E-state index is 0.0238. The summed E-state index contributed by atoms with van der Waals surface area (Å²) in [5.41, 5.74) is 6.04. The molecule has 0 fully saturated rings. The molecule has 7 heteroatoms. The van der Waals surface area contributed by atoms with Crippen molar-refractivity contribution in [2.75, 3.05) is 11.9 Å². The summed E-state index contributed by atoms with van der Waals surface area (Å²) in [7, 11) is 0. The molecule has 104 valence electrons. The minimum atomic E-state index is -0.291. The van der Waals surface area contributed by atoms with Gasteiger partial charge in [0.2, 0.25) is 0 Å². The first kappa shape index (κ1) is 16.0. The van der Waals surface area contributed by atoms with E-state index in [9.17, 15) is 4.79 Å². The second-order valence-corrected chi connectivity index (χ2v) is 5.59. The van der Waals surface area contributed by atoms with Crippen molar-refractivity contribution >= 4 is 52.1 Å². The van der Waals surface area contributed by atoms with Crippen molar-refractivity contribution in [1.82, 2.24) is 4.90 Å². The second kappa shape index (κ2) is 6.93. The van der Waals surface area contributed by atoms with Crippen LogP contribution in [0.4, 0.5) is 10.5 Å². The molecule has 3 N–H and O–H groups in total. The number of thiocarbonyl (C=S) groups is 1. The number of hydrogen-bond acceptors (Lipinski definition) is 2. The third kappa shape index (κ3) is 4.86. The van der Waals surface area contributed by atoms with E-state index in [-0.39, 0.29) is 23.6 Å². The van der Waals surface area contributed by atoms with Crippen LogP contribution in [-0.2, 0) is 0 Å². The molecular formula is C12H15Cl2N3OS. The van der Waals surface area contributed by atoms with Crippen molar-refractivity contribution in [1.29, 1.82) is 0 Å². The van der Waals surface area contributed by atoms with Crippen LogP contribution in [0.15, 0.2) is 18.2 Å². The Balaban J connectivity index is 2.81. The molecule has 2 amide bonds. The predicted octanol–water partition coefficient (Wildman–Crippen LogP) is 3.52. The van der Waals surface area contributed by atoms with E-state index in [0.717, 1.165) is 0 Å². The van der Waals surface area contributed by atoms with Gasteiger partial charge >= 0.3 is 6.03 Å². The quantitative estimate of drug-likeness (QED) is 0.835. The van der Waals surface area contributed by atoms with Crippen LogP contribution in [0.25, 0.3) is 0 Å². The molecule has 19 heavy (non-hydrogen) atoms. The number of nitrogens with zero attached hydrogens (tertiary/aromatic N) is 1. The number of nitrogens with two attached hydrogens (primary N) is 1. The molecule has 1 rings (SSSR count). The molecule has 0 atom stereocenters. The van der Waals surface area contributed by atoms with Crippen LogP contribution < -0.4 is 11.1 Å². The molecule has 0 spiro atoms. The van der Waals surface area contributed by atoms with E-state index in [2.05, 4.69) is 5.32 Å². The number of hydrogen-bond donors (Lipinski definition) is 2. The van der Waals surface area contributed by atoms with E-state index in [1.54, 1.807) is 18.2 Å². The topological polar surface area (TPSA) is 58.4 Å². The average molecular weight is 320 g/mol. The smallest absolute Gasteiger partial charge is 0.322 e. The Bertz CT molecular complexity index is 494. The van der Waals surface area contributed by atoms with Gasteiger partial charge < -0.3 is 16.0 Å². The number of carbonyl (C=O) groups is 1. The van der Waals surface area contributed by atoms with Gasteiger partial charge in [-0.2, -0.15) is 0 Å². The van der Waals surface area contributed by atoms with Crippen LogP contribution in [0, 0.1) is 0 Å². The van der Waals surface area contributed by atoms with Crippen LogP contribution in [0.2, 0.25) is 10.0 Å². The van der Waals surface area contributed by atoms with Gasteiger partial charge in [-0.1, -0.05) is 35.4 Å². The van der Waals surface area contributed by atoms with E-state index < -0.39 is 0 Å². The molecule has 0 aliphatic carbocycles. The Morgan fingerprint density at radius 3 is 2.53 bits per heavy atom. The summed E-state index contributed by atoms with van der Waals surface area (Å²) in [6.45, 7) is 3.99. The molecule has 0 aliphatic rings. The van der Waals surface area contributed by atoms with Gasteiger partial charge in [-0.15, -0.1) is 0 Å². The third-order valence-corrected chi connectivity index (χ3v) is 3.25. The Morgan fingerprint density at radius 2 is 2.05 bits per heavy atom. The van der Waals surface area contributed by atoms with Crippen molar-refractivity contribution in [3.8, 4) is 0 Å². The Morgan fingerprint density at radius 1 is 1.42 bits per heavy atom. The number of amides is 2. The van der Waals surface area contributed by atoms with Crippen LogP contribution in [0.5, 0.6) is 0 Å². The highest BCUT2D eigenvalue weighted by molar-refractivity contribution is 7.80. The second-order valence-electron chi connectivity index (χ2n) is 4.25. The monoisotopic (exact) mass is 319 g/mol. The number of urea groups is 1. The number of rotatable bonds is 4. The minimum Gasteiger partial charge on any atom is -0.392 e. The van der Waals surface area contributed by atoms with Crippen molar-refractivity contribution in [2.24, 2.45) is 5.73 Å². The number of halogens is 2. The number of nitrogens with one attached hydrogen (secondary N) is 1. The molecule has 0 saturated heterocycles. The lowest BCUT2D eigenvalue weighted by Crippen LogP contribution is -2.44. The molecule has 0 saturated carbocycles. The maximum absolute atomic E-state index is 12.1. The molecule has 1 aromatic carbocycles. The van der Waals surface area contributed by atoms with Crippen LogP contribution in [0.1, 0.15) is 13.8 Å². The van der Waals surface area contributed by atoms with Crippen LogP contribution >= 0.6 is 35.4 Å². The molecular weight excluding hydrogens is 305 g/mol. The molecule has 4 nitrogen and oxygen atoms in total. The standard InChI is InChI=1S/C12H15Cl2N3OS/c1-7(2)17(6-11(15)19)12(18)16-8-3-4-9(13)10(14)5-8/h3-5,7H,6H2,1-2H3,(H2,15,19)(H,16,18). The average Bonchev–Trinajstić information content (AvgIpc) is 2.30. The molecule has 0 aliphatic heterocycles. The van der Waals surface area contributed by atoms with Gasteiger partial charge in [-0.3, -0.25) is 0 Å². The van der Waals surface area contributed by atoms with Crippen molar-refractivity contribution < 1.29 is 4.79 Å². The molecule has 0 radical (unpaired) electrons. The van der Waals surface area contributed by atoms with E-state index >= 15 is 0 Å². The molecule has 0 heterocycles. The number of anilines is 1. The summed E-state index contributed by atoms with van der Waals surface area (Å²) >= 11 is 16.5. The Labute approximate surface area is 127 Å². The van der Waals surface area contributed by atoms with E-state index in [1.165, 1.54) is 4.90 Å². The molecule has 1 aromatic rings. The molecule has 0 bridgehead atoms. The SMILES string of the molecule is CC(C)N(CC(N)=S)C(=O)Nc1ccc(Cl)c(Cl)c1. The lowest BCUT2D eigenvalue weighted by atomic mass is 10.3. The first-order chi connectivity index (χ1) is 8.81. The van der Waals surface area contributed by atoms with Gasteiger partial charge in [0.25, 0.3) is 0 Å². The highest BCUT2D eigenvalue weighted by Gasteiger charge is 2.17. The Hall–Kier alpha value is -1.04. The van der Waals surface area contributed by atoms with Gasteiger partial charge in [0.15, 0.2) is 0 Å². The van der Waals surface area contributed by atoms with Crippen LogP contribution in [0.3, 0.4) is 0 Å². The summed E-state index contributed by atoms with van der Waals surface area (Å²) in [5.74, 6) is 0. The zero-order valence-corrected chi connectivity index (χ0v) is 12.9. The summed E-state index contributed by atoms with van der Waals surface area (Å²) in [6, 6.07) is 4.56. The fourth-order valence-electron chi connectivity index (χ4n) is 1.43. The summed E-state index contributed by atoms with van der Waals surface area (Å²) in [4.78, 5) is 13.9. The zero-order valence-electron chi connectivity index (χ0n) is 10.6. The highest BCUT2D eigenvalue weighted by Crippen LogP contribution is 2.25. The van der Waals surface area contributed by atoms with E-state index in [0.29, 0.717) is 15.7 Å². The zero-order chi connectivity index (χ0) is 14.6. The third-order valence-electron chi connectivity index (χ3n) is 2.38. The van der Waals surface area contributed by atoms with Crippen molar-refractivity contribution in [2.45, 2.75) is 19.9 Å². The summed E-state index contributed by atoms with van der Waals surface area (Å²) < 4.78 is 0. The fraction of sp³-hybridized carbons (Fsp3) is 0.333. The van der Waals surface area contributed by atoms with Crippen molar-refractivity contribution in [3.63, 3.8) is 0 Å². The first-order valence-electron chi connectivity index (χ1n) is 5.62. The van der Waals surface area contributed by atoms with Crippen LogP contribution in [-0.4, -0.2) is 28.5 Å². The lowest BCUT2D eigenvalue weighted by Gasteiger charge is -2.26. The molecule has 0 aromatic heterocycles. The maximum Gasteiger partial charge on any atom is 0.322 e. The maximum atomic E-state index is 12.1. The van der Waals surface area contributed by atoms with Crippen molar-refractivity contribution in [3.05, 3.63) is 28.2 Å². The first-order valence-corrected chi connectivity index (χ1v) is 6.78. The predicted molar refractivity (Wildman–Crippen MR) is 84.1 cm³/mol. The normalized spacial score (nSPS) is 10.4. The lowest BCUT2D eigenvalue weighted by molar-refractivity contribution is 0.206. The fourth-order valence-corrected chi connectivity index (χ4v) is 1.86. The molecule has 0 unspecified atom stereocenters. The summed E-state index contributed by atoms with van der Waals surface area (Å²) in [6.07, 6.45) is 0. The van der Waals surface area contributed by atoms with E-state index in [1.807, 2.05) is 13.8 Å². The summed E-state index contributed by atoms with van der Waals surface area (Å²) in [5, 5.41) is 3.54. The van der Waals surface area contributed by atoms with Gasteiger partial charge in [0.05, 0.1) is 21.6 Å². The van der Waals surface area contributed by atoms with Gasteiger partial charge in [0.1, 0.15) is 0 Å². The van der Waals surface area contributed by atoms with E-state index in [4.69, 9.17) is 41.2 Å². The Kier molecular flexibility index (Phi) is 5.85. The van der Waals surface area contributed by atoms with Gasteiger partial charge in [-0.05, 0) is 32.0 Å². The van der Waals surface area contributed by atoms with Gasteiger partial charge in [0, 0.05) is 11.7 Å². The largest absolute Gasteiger partial charge is 0.392 e.